The van der Waals surface area contributed by atoms with Gasteiger partial charge in [-0.25, -0.2) is 0 Å². The Bertz CT molecular complexity index is 561. The highest BCUT2D eigenvalue weighted by molar-refractivity contribution is 14.0. The van der Waals surface area contributed by atoms with Gasteiger partial charge >= 0.3 is 0 Å². The number of pyridine rings is 1. The van der Waals surface area contributed by atoms with Gasteiger partial charge in [0.25, 0.3) is 5.91 Å². The van der Waals surface area contributed by atoms with Gasteiger partial charge in [0.1, 0.15) is 0 Å². The Kier molecular flexibility index (Phi) is 12.0. The van der Waals surface area contributed by atoms with Crippen LogP contribution in [0.2, 0.25) is 0 Å². The van der Waals surface area contributed by atoms with Crippen molar-refractivity contribution in [1.29, 1.82) is 0 Å². The number of likely N-dealkylation sites (tertiary alicyclic amines) is 1. The van der Waals surface area contributed by atoms with E-state index in [-0.39, 0.29) is 29.9 Å². The van der Waals surface area contributed by atoms with Crippen molar-refractivity contribution in [3.8, 4) is 0 Å². The van der Waals surface area contributed by atoms with Crippen molar-refractivity contribution < 1.29 is 4.79 Å². The van der Waals surface area contributed by atoms with Crippen LogP contribution in [0.1, 0.15) is 36.5 Å². The first kappa shape index (κ1) is 23.6. The van der Waals surface area contributed by atoms with E-state index in [1.165, 1.54) is 25.9 Å². The van der Waals surface area contributed by atoms with E-state index in [4.69, 9.17) is 0 Å². The quantitative estimate of drug-likeness (QED) is 0.225. The summed E-state index contributed by atoms with van der Waals surface area (Å²) >= 11 is 0. The molecule has 1 aliphatic heterocycles. The Balaban J connectivity index is 0.00000364. The molecule has 3 N–H and O–H groups in total. The average molecular weight is 488 g/mol. The zero-order chi connectivity index (χ0) is 18.6. The molecule has 0 radical (unpaired) electrons. The minimum atomic E-state index is -0.112. The van der Waals surface area contributed by atoms with Crippen molar-refractivity contribution in [3.63, 3.8) is 0 Å². The Morgan fingerprint density at radius 1 is 1.22 bits per heavy atom. The number of guanidine groups is 1. The van der Waals surface area contributed by atoms with E-state index in [0.717, 1.165) is 31.4 Å². The van der Waals surface area contributed by atoms with Gasteiger partial charge in [-0.05, 0) is 56.9 Å². The number of halogens is 1. The van der Waals surface area contributed by atoms with Gasteiger partial charge in [0.15, 0.2) is 5.96 Å². The molecule has 2 rings (SSSR count). The van der Waals surface area contributed by atoms with Crippen LogP contribution >= 0.6 is 24.0 Å². The zero-order valence-corrected chi connectivity index (χ0v) is 18.7. The summed E-state index contributed by atoms with van der Waals surface area (Å²) in [6, 6.07) is 3.50. The van der Waals surface area contributed by atoms with Gasteiger partial charge in [-0.15, -0.1) is 24.0 Å². The van der Waals surface area contributed by atoms with E-state index in [2.05, 4.69) is 37.8 Å². The van der Waals surface area contributed by atoms with Gasteiger partial charge in [0, 0.05) is 39.1 Å². The highest BCUT2D eigenvalue weighted by atomic mass is 127. The first-order chi connectivity index (χ1) is 12.7. The number of amides is 1. The topological polar surface area (TPSA) is 81.7 Å². The third-order valence-corrected chi connectivity index (χ3v) is 4.67. The van der Waals surface area contributed by atoms with Crippen LogP contribution in [0.25, 0.3) is 0 Å². The number of rotatable bonds is 8. The van der Waals surface area contributed by atoms with Crippen LogP contribution in [0, 0.1) is 5.92 Å². The summed E-state index contributed by atoms with van der Waals surface area (Å²) in [4.78, 5) is 22.6. The lowest BCUT2D eigenvalue weighted by molar-refractivity contribution is 0.0954. The number of aliphatic imine (C=N–C) groups is 1. The number of carbonyl (C=O) groups excluding carboxylic acids is 1. The lowest BCUT2D eigenvalue weighted by Crippen LogP contribution is -2.42. The van der Waals surface area contributed by atoms with E-state index in [1.807, 2.05) is 0 Å². The maximum absolute atomic E-state index is 11.9. The summed E-state index contributed by atoms with van der Waals surface area (Å²) in [5.74, 6) is 1.54. The average Bonchev–Trinajstić information content (AvgIpc) is 2.68. The summed E-state index contributed by atoms with van der Waals surface area (Å²) in [6.07, 6.45) is 6.96. The molecule has 1 amide bonds. The highest BCUT2D eigenvalue weighted by Crippen LogP contribution is 2.15. The molecule has 1 aliphatic rings. The van der Waals surface area contributed by atoms with Crippen molar-refractivity contribution in [2.24, 2.45) is 10.9 Å². The number of hydrogen-bond acceptors (Lipinski definition) is 4. The van der Waals surface area contributed by atoms with E-state index in [9.17, 15) is 4.79 Å². The summed E-state index contributed by atoms with van der Waals surface area (Å²) in [5, 5.41) is 9.40. The van der Waals surface area contributed by atoms with Crippen molar-refractivity contribution in [1.82, 2.24) is 25.8 Å². The maximum Gasteiger partial charge on any atom is 0.252 e. The molecule has 0 spiro atoms. The number of nitrogens with one attached hydrogen (secondary N) is 3. The fourth-order valence-corrected chi connectivity index (χ4v) is 2.97. The first-order valence-electron chi connectivity index (χ1n) is 9.54. The van der Waals surface area contributed by atoms with Crippen molar-refractivity contribution >= 4 is 35.8 Å². The Hall–Kier alpha value is -1.42. The Morgan fingerprint density at radius 3 is 2.59 bits per heavy atom. The van der Waals surface area contributed by atoms with Crippen LogP contribution in [0.15, 0.2) is 29.5 Å². The smallest absolute Gasteiger partial charge is 0.252 e. The molecule has 27 heavy (non-hydrogen) atoms. The third kappa shape index (κ3) is 9.37. The van der Waals surface area contributed by atoms with Crippen LogP contribution in [0.4, 0.5) is 0 Å². The van der Waals surface area contributed by atoms with Gasteiger partial charge in [0.2, 0.25) is 0 Å². The Labute approximate surface area is 179 Å². The number of nitrogens with zero attached hydrogens (tertiary/aromatic N) is 3. The first-order valence-corrected chi connectivity index (χ1v) is 9.54. The molecule has 7 nitrogen and oxygen atoms in total. The molecule has 8 heteroatoms. The molecular formula is C19H33IN6O. The van der Waals surface area contributed by atoms with Crippen LogP contribution < -0.4 is 16.0 Å². The molecule has 0 saturated carbocycles. The van der Waals surface area contributed by atoms with Gasteiger partial charge < -0.3 is 20.9 Å². The second-order valence-corrected chi connectivity index (χ2v) is 6.80. The van der Waals surface area contributed by atoms with Crippen molar-refractivity contribution in [2.75, 3.05) is 46.3 Å². The zero-order valence-electron chi connectivity index (χ0n) is 16.4. The molecule has 0 aromatic carbocycles. The van der Waals surface area contributed by atoms with E-state index < -0.39 is 0 Å². The summed E-state index contributed by atoms with van der Waals surface area (Å²) in [6.45, 7) is 7.98. The molecule has 1 aromatic rings. The van der Waals surface area contributed by atoms with Crippen molar-refractivity contribution in [3.05, 3.63) is 30.1 Å². The minimum Gasteiger partial charge on any atom is -0.356 e. The lowest BCUT2D eigenvalue weighted by Gasteiger charge is -2.30. The second-order valence-electron chi connectivity index (χ2n) is 6.80. The molecule has 1 saturated heterocycles. The third-order valence-electron chi connectivity index (χ3n) is 4.67. The number of piperidine rings is 1. The molecular weight excluding hydrogens is 455 g/mol. The van der Waals surface area contributed by atoms with Crippen molar-refractivity contribution in [2.45, 2.75) is 26.2 Å². The SMILES string of the molecule is CN=C(NCCCN1CCC(C)CC1)NCCNC(=O)c1cccnc1.I. The number of carbonyl (C=O) groups is 1. The molecule has 152 valence electrons. The molecule has 1 fully saturated rings. The summed E-state index contributed by atoms with van der Waals surface area (Å²) in [5.41, 5.74) is 0.571. The fraction of sp³-hybridized carbons (Fsp3) is 0.632. The van der Waals surface area contributed by atoms with Crippen LogP contribution in [-0.2, 0) is 0 Å². The highest BCUT2D eigenvalue weighted by Gasteiger charge is 2.14. The van der Waals surface area contributed by atoms with Crippen LogP contribution in [0.3, 0.4) is 0 Å². The standard InChI is InChI=1S/C19H32N6O.HI/c1-16-6-13-25(14-7-16)12-4-9-23-19(20-2)24-11-10-22-18(26)17-5-3-8-21-15-17;/h3,5,8,15-16H,4,6-7,9-14H2,1-2H3,(H,22,26)(H2,20,23,24);1H. The largest absolute Gasteiger partial charge is 0.356 e. The number of hydrogen-bond donors (Lipinski definition) is 3. The predicted molar refractivity (Wildman–Crippen MR) is 121 cm³/mol. The van der Waals surface area contributed by atoms with Gasteiger partial charge in [0.05, 0.1) is 5.56 Å². The normalized spacial score (nSPS) is 15.7. The van der Waals surface area contributed by atoms with Gasteiger partial charge in [-0.3, -0.25) is 14.8 Å². The monoisotopic (exact) mass is 488 g/mol. The summed E-state index contributed by atoms with van der Waals surface area (Å²) < 4.78 is 0. The Morgan fingerprint density at radius 2 is 1.93 bits per heavy atom. The second kappa shape index (κ2) is 13.7. The maximum atomic E-state index is 11.9. The lowest BCUT2D eigenvalue weighted by atomic mass is 9.99. The molecule has 0 bridgehead atoms. The van der Waals surface area contributed by atoms with Crippen LogP contribution in [-0.4, -0.2) is 68.1 Å². The van der Waals surface area contributed by atoms with E-state index >= 15 is 0 Å². The minimum absolute atomic E-state index is 0. The molecule has 2 heterocycles. The molecule has 0 atom stereocenters. The summed E-state index contributed by atoms with van der Waals surface area (Å²) in [7, 11) is 1.76. The van der Waals surface area contributed by atoms with E-state index in [0.29, 0.717) is 18.7 Å². The van der Waals surface area contributed by atoms with Gasteiger partial charge in [-0.2, -0.15) is 0 Å². The predicted octanol–water partition coefficient (Wildman–Crippen LogP) is 1.72. The van der Waals surface area contributed by atoms with E-state index in [1.54, 1.807) is 31.6 Å². The fourth-order valence-electron chi connectivity index (χ4n) is 2.97. The van der Waals surface area contributed by atoms with Gasteiger partial charge in [-0.1, -0.05) is 6.92 Å². The molecule has 0 unspecified atom stereocenters. The molecule has 1 aromatic heterocycles. The number of aromatic nitrogens is 1. The van der Waals surface area contributed by atoms with Crippen LogP contribution in [0.5, 0.6) is 0 Å². The molecule has 0 aliphatic carbocycles.